The van der Waals surface area contributed by atoms with Gasteiger partial charge in [-0.3, -0.25) is 0 Å². The van der Waals surface area contributed by atoms with E-state index >= 15 is 0 Å². The summed E-state index contributed by atoms with van der Waals surface area (Å²) in [6, 6.07) is 1.05. The minimum Gasteiger partial charge on any atom is -0.321 e. The minimum absolute atomic E-state index is 1.05. The van der Waals surface area contributed by atoms with Crippen molar-refractivity contribution in [3.63, 3.8) is 0 Å². The molecule has 1 nitrogen and oxygen atoms in total. The van der Waals surface area contributed by atoms with Crippen molar-refractivity contribution in [2.75, 3.05) is 19.6 Å². The Morgan fingerprint density at radius 3 is 2.18 bits per heavy atom. The van der Waals surface area contributed by atoms with Crippen molar-refractivity contribution in [1.82, 2.24) is 0 Å². The van der Waals surface area contributed by atoms with Crippen LogP contribution in [0.3, 0.4) is 0 Å². The first-order valence-electron chi connectivity index (χ1n) is 5.16. The Hall–Kier alpha value is -0.0400. The van der Waals surface area contributed by atoms with Gasteiger partial charge in [-0.1, -0.05) is 0 Å². The Balaban J connectivity index is 2.14. The summed E-state index contributed by atoms with van der Waals surface area (Å²) in [7, 11) is 0. The van der Waals surface area contributed by atoms with E-state index in [0.717, 1.165) is 12.0 Å². The zero-order valence-electron chi connectivity index (χ0n) is 7.84. The molecule has 11 heavy (non-hydrogen) atoms. The molecule has 0 aromatic rings. The highest BCUT2D eigenvalue weighted by atomic mass is 15.4. The number of rotatable bonds is 2. The summed E-state index contributed by atoms with van der Waals surface area (Å²) < 4.78 is 1.45. The Labute approximate surface area is 70.0 Å². The zero-order chi connectivity index (χ0) is 7.90. The number of hydrogen-bond donors (Lipinski definition) is 0. The Bertz CT molecular complexity index is 149. The van der Waals surface area contributed by atoms with Gasteiger partial charge in [0.05, 0.1) is 25.7 Å². The largest absolute Gasteiger partial charge is 0.321 e. The molecule has 1 saturated heterocycles. The Morgan fingerprint density at radius 2 is 1.91 bits per heavy atom. The van der Waals surface area contributed by atoms with Crippen molar-refractivity contribution in [2.45, 2.75) is 39.2 Å². The van der Waals surface area contributed by atoms with Gasteiger partial charge < -0.3 is 4.48 Å². The number of piperidine rings is 1. The van der Waals surface area contributed by atoms with Gasteiger partial charge in [-0.25, -0.2) is 0 Å². The lowest BCUT2D eigenvalue weighted by Gasteiger charge is -2.40. The van der Waals surface area contributed by atoms with Crippen molar-refractivity contribution >= 4 is 0 Å². The molecular formula is C10H20N+. The molecule has 0 amide bonds. The average molecular weight is 154 g/mol. The molecule has 0 radical (unpaired) electrons. The Kier molecular flexibility index (Phi) is 1.71. The van der Waals surface area contributed by atoms with Crippen molar-refractivity contribution in [2.24, 2.45) is 5.92 Å². The molecule has 2 fully saturated rings. The third-order valence-electron chi connectivity index (χ3n) is 4.17. The topological polar surface area (TPSA) is 0 Å². The number of fused-ring (bicyclic) bond motifs is 2. The predicted octanol–water partition coefficient (Wildman–Crippen LogP) is 2.03. The summed E-state index contributed by atoms with van der Waals surface area (Å²) in [5, 5.41) is 0. The molecule has 64 valence electrons. The summed E-state index contributed by atoms with van der Waals surface area (Å²) in [4.78, 5) is 0. The van der Waals surface area contributed by atoms with Gasteiger partial charge in [-0.2, -0.15) is 0 Å². The minimum atomic E-state index is 1.05. The molecule has 0 N–H and O–H groups in total. The van der Waals surface area contributed by atoms with E-state index in [1.807, 2.05) is 0 Å². The normalized spacial score (nSPS) is 39.8. The fourth-order valence-electron chi connectivity index (χ4n) is 3.37. The van der Waals surface area contributed by atoms with Gasteiger partial charge in [-0.15, -0.1) is 0 Å². The van der Waals surface area contributed by atoms with E-state index in [1.54, 1.807) is 6.42 Å². The molecule has 2 rings (SSSR count). The van der Waals surface area contributed by atoms with Gasteiger partial charge in [0.15, 0.2) is 0 Å². The van der Waals surface area contributed by atoms with E-state index < -0.39 is 0 Å². The molecule has 1 heterocycles. The zero-order valence-corrected chi connectivity index (χ0v) is 7.84. The second-order valence-corrected chi connectivity index (χ2v) is 4.37. The van der Waals surface area contributed by atoms with Crippen LogP contribution in [0.2, 0.25) is 0 Å². The lowest BCUT2D eigenvalue weighted by molar-refractivity contribution is -0.940. The average Bonchev–Trinajstić information content (AvgIpc) is 2.62. The first-order valence-corrected chi connectivity index (χ1v) is 5.16. The second-order valence-electron chi connectivity index (χ2n) is 4.37. The van der Waals surface area contributed by atoms with Crippen LogP contribution in [0.4, 0.5) is 0 Å². The van der Waals surface area contributed by atoms with E-state index in [0.29, 0.717) is 0 Å². The van der Waals surface area contributed by atoms with E-state index in [1.165, 1.54) is 37.0 Å². The third kappa shape index (κ3) is 0.936. The van der Waals surface area contributed by atoms with Crippen molar-refractivity contribution in [1.29, 1.82) is 0 Å². The van der Waals surface area contributed by atoms with E-state index in [9.17, 15) is 0 Å². The summed E-state index contributed by atoms with van der Waals surface area (Å²) in [5.41, 5.74) is 0. The van der Waals surface area contributed by atoms with Crippen LogP contribution in [-0.4, -0.2) is 30.2 Å². The second kappa shape index (κ2) is 2.48. The molecule has 1 heteroatoms. The van der Waals surface area contributed by atoms with Crippen LogP contribution in [0.1, 0.15) is 33.1 Å². The van der Waals surface area contributed by atoms with Crippen molar-refractivity contribution < 1.29 is 4.48 Å². The summed E-state index contributed by atoms with van der Waals surface area (Å²) in [6.07, 6.45) is 4.60. The highest BCUT2D eigenvalue weighted by Crippen LogP contribution is 2.42. The van der Waals surface area contributed by atoms with Gasteiger partial charge in [0.2, 0.25) is 0 Å². The molecule has 0 spiro atoms. The molecule has 2 atom stereocenters. The maximum atomic E-state index is 2.37. The first-order chi connectivity index (χ1) is 5.30. The number of likely N-dealkylation sites (tertiary alicyclic amines) is 1. The van der Waals surface area contributed by atoms with Gasteiger partial charge in [0.1, 0.15) is 0 Å². The molecule has 2 aliphatic rings. The molecule has 0 aromatic heterocycles. The number of nitrogens with zero attached hydrogens (tertiary/aromatic N) is 1. The SMILES string of the molecule is CC[N+]1(CC)C[C@H]2CC[C@H]1C2. The number of quaternary nitrogens is 1. The van der Waals surface area contributed by atoms with Gasteiger partial charge >= 0.3 is 0 Å². The smallest absolute Gasteiger partial charge is 0.0895 e. The molecule has 1 aliphatic carbocycles. The third-order valence-corrected chi connectivity index (χ3v) is 4.17. The first kappa shape index (κ1) is 7.60. The fourth-order valence-corrected chi connectivity index (χ4v) is 3.37. The monoisotopic (exact) mass is 154 g/mol. The van der Waals surface area contributed by atoms with E-state index in [2.05, 4.69) is 13.8 Å². The molecule has 1 saturated carbocycles. The van der Waals surface area contributed by atoms with Crippen LogP contribution in [0, 0.1) is 5.92 Å². The molecule has 0 unspecified atom stereocenters. The lowest BCUT2D eigenvalue weighted by atomic mass is 10.1. The van der Waals surface area contributed by atoms with Crippen LogP contribution in [0.15, 0.2) is 0 Å². The summed E-state index contributed by atoms with van der Waals surface area (Å²) in [6.45, 7) is 8.97. The van der Waals surface area contributed by atoms with Crippen LogP contribution < -0.4 is 0 Å². The van der Waals surface area contributed by atoms with Crippen LogP contribution in [0.5, 0.6) is 0 Å². The highest BCUT2D eigenvalue weighted by molar-refractivity contribution is 4.83. The van der Waals surface area contributed by atoms with Crippen LogP contribution >= 0.6 is 0 Å². The predicted molar refractivity (Wildman–Crippen MR) is 47.3 cm³/mol. The maximum Gasteiger partial charge on any atom is 0.0895 e. The summed E-state index contributed by atoms with van der Waals surface area (Å²) in [5.74, 6) is 1.10. The molecular weight excluding hydrogens is 134 g/mol. The van der Waals surface area contributed by atoms with Crippen molar-refractivity contribution in [3.05, 3.63) is 0 Å². The molecule has 1 aliphatic heterocycles. The van der Waals surface area contributed by atoms with E-state index in [-0.39, 0.29) is 0 Å². The lowest BCUT2D eigenvalue weighted by Crippen LogP contribution is -2.52. The quantitative estimate of drug-likeness (QED) is 0.534. The highest BCUT2D eigenvalue weighted by Gasteiger charge is 2.48. The van der Waals surface area contributed by atoms with Gasteiger partial charge in [-0.05, 0) is 26.7 Å². The Morgan fingerprint density at radius 1 is 1.18 bits per heavy atom. The van der Waals surface area contributed by atoms with Crippen LogP contribution in [-0.2, 0) is 0 Å². The molecule has 2 bridgehead atoms. The maximum absolute atomic E-state index is 2.37. The van der Waals surface area contributed by atoms with Crippen molar-refractivity contribution in [3.8, 4) is 0 Å². The van der Waals surface area contributed by atoms with Gasteiger partial charge in [0.25, 0.3) is 0 Å². The van der Waals surface area contributed by atoms with Crippen LogP contribution in [0.25, 0.3) is 0 Å². The fraction of sp³-hybridized carbons (Fsp3) is 1.00. The van der Waals surface area contributed by atoms with Gasteiger partial charge in [0, 0.05) is 12.3 Å². The van der Waals surface area contributed by atoms with E-state index in [4.69, 9.17) is 0 Å². The molecule has 0 aromatic carbocycles. The summed E-state index contributed by atoms with van der Waals surface area (Å²) >= 11 is 0. The number of hydrogen-bond acceptors (Lipinski definition) is 0. The standard InChI is InChI=1S/C10H20N/c1-3-11(4-2)8-9-5-6-10(11)7-9/h9-10H,3-8H2,1-2H3/q+1/t9-,10-/m0/s1.